The topological polar surface area (TPSA) is 102 Å². The van der Waals surface area contributed by atoms with Crippen LogP contribution in [0.1, 0.15) is 42.1 Å². The van der Waals surface area contributed by atoms with Gasteiger partial charge in [0.25, 0.3) is 0 Å². The van der Waals surface area contributed by atoms with Gasteiger partial charge in [-0.25, -0.2) is 22.8 Å². The maximum Gasteiger partial charge on any atom is 0.393 e. The highest BCUT2D eigenvalue weighted by molar-refractivity contribution is 7.88. The van der Waals surface area contributed by atoms with Crippen molar-refractivity contribution in [3.63, 3.8) is 0 Å². The molecule has 272 valence electrons. The van der Waals surface area contributed by atoms with Gasteiger partial charge in [0.15, 0.2) is 0 Å². The van der Waals surface area contributed by atoms with Gasteiger partial charge in [0, 0.05) is 74.7 Å². The lowest BCUT2D eigenvalue weighted by molar-refractivity contribution is -0.127. The van der Waals surface area contributed by atoms with E-state index < -0.39 is 34.0 Å². The number of sulfonamides is 1. The Labute approximate surface area is 295 Å². The molecule has 3 saturated heterocycles. The van der Waals surface area contributed by atoms with Gasteiger partial charge in [0.2, 0.25) is 10.0 Å². The summed E-state index contributed by atoms with van der Waals surface area (Å²) < 4.78 is 82.1. The molecule has 2 aromatic carbocycles. The number of likely N-dealkylation sites (tertiary alicyclic amines) is 1. The summed E-state index contributed by atoms with van der Waals surface area (Å²) in [5, 5.41) is 11.1. The molecule has 1 atom stereocenters. The summed E-state index contributed by atoms with van der Waals surface area (Å²) in [6.45, 7) is 11.0. The summed E-state index contributed by atoms with van der Waals surface area (Å²) in [5.41, 5.74) is 3.91. The van der Waals surface area contributed by atoms with E-state index in [0.29, 0.717) is 62.8 Å². The zero-order chi connectivity index (χ0) is 36.3. The summed E-state index contributed by atoms with van der Waals surface area (Å²) >= 11 is 0. The molecule has 1 unspecified atom stereocenters. The van der Waals surface area contributed by atoms with E-state index in [2.05, 4.69) is 56.4 Å². The molecule has 10 nitrogen and oxygen atoms in total. The number of rotatable bonds is 8. The minimum absolute atomic E-state index is 0.0415. The number of halogens is 4. The quantitative estimate of drug-likeness (QED) is 0.232. The molecule has 3 aliphatic heterocycles. The van der Waals surface area contributed by atoms with E-state index in [9.17, 15) is 26.9 Å². The van der Waals surface area contributed by atoms with E-state index in [1.807, 2.05) is 11.0 Å². The fourth-order valence-electron chi connectivity index (χ4n) is 8.23. The number of piperazine rings is 1. The Morgan fingerprint density at radius 1 is 1.00 bits per heavy atom. The Morgan fingerprint density at radius 2 is 1.69 bits per heavy atom. The monoisotopic (exact) mass is 726 g/mol. The lowest BCUT2D eigenvalue weighted by atomic mass is 9.72. The minimum Gasteiger partial charge on any atom is -0.355 e. The molecule has 51 heavy (non-hydrogen) atoms. The van der Waals surface area contributed by atoms with E-state index in [1.54, 1.807) is 0 Å². The normalized spacial score (nSPS) is 19.8. The number of hydrogen-bond donors (Lipinski definition) is 0. The van der Waals surface area contributed by atoms with Crippen molar-refractivity contribution in [2.24, 2.45) is 5.41 Å². The number of alkyl halides is 3. The average Bonchev–Trinajstić information content (AvgIpc) is 3.43. The van der Waals surface area contributed by atoms with Crippen LogP contribution in [0, 0.1) is 29.5 Å². The zero-order valence-electron chi connectivity index (χ0n) is 29.0. The number of piperidine rings is 1. The average molecular weight is 727 g/mol. The predicted octanol–water partition coefficient (Wildman–Crippen LogP) is 5.08. The first kappa shape index (κ1) is 35.6. The summed E-state index contributed by atoms with van der Waals surface area (Å²) in [6.07, 6.45) is -1.38. The molecule has 0 aliphatic carbocycles. The highest BCUT2D eigenvalue weighted by Crippen LogP contribution is 2.44. The summed E-state index contributed by atoms with van der Waals surface area (Å²) in [5.74, 6) is -0.550. The molecule has 15 heteroatoms. The molecule has 1 spiro atoms. The maximum absolute atomic E-state index is 15.4. The second-order valence-corrected chi connectivity index (χ2v) is 16.6. The van der Waals surface area contributed by atoms with Crippen molar-refractivity contribution in [1.82, 2.24) is 28.6 Å². The molecular weight excluding hydrogens is 685 g/mol. The lowest BCUT2D eigenvalue weighted by Gasteiger charge is -2.54. The molecule has 0 N–H and O–H groups in total. The van der Waals surface area contributed by atoms with Gasteiger partial charge in [0.05, 0.1) is 23.6 Å². The highest BCUT2D eigenvalue weighted by Gasteiger charge is 2.46. The Balaban J connectivity index is 0.991. The third-order valence-electron chi connectivity index (χ3n) is 11.2. The second kappa shape index (κ2) is 13.3. The molecule has 7 rings (SSSR count). The number of benzene rings is 2. The van der Waals surface area contributed by atoms with Gasteiger partial charge in [-0.15, -0.1) is 0 Å². The predicted molar refractivity (Wildman–Crippen MR) is 187 cm³/mol. The van der Waals surface area contributed by atoms with Crippen LogP contribution in [0.25, 0.3) is 21.8 Å². The van der Waals surface area contributed by atoms with Crippen molar-refractivity contribution < 1.29 is 26.0 Å². The zero-order valence-corrected chi connectivity index (χ0v) is 29.9. The SMILES string of the molecule is Cc1c(CN2CCC3(CC2)CN(c2ncnc4ccc(CC(F)(F)F)c(F)c24)C3)ccc2c1cc(C#N)n2CC(C)N1CCN(S(C)(=O)=O)CC1. The number of nitrogens with zero attached hydrogens (tertiary/aromatic N) is 8. The summed E-state index contributed by atoms with van der Waals surface area (Å²) in [7, 11) is -3.20. The van der Waals surface area contributed by atoms with Crippen LogP contribution in [0.3, 0.4) is 0 Å². The van der Waals surface area contributed by atoms with Crippen molar-refractivity contribution in [1.29, 1.82) is 5.26 Å². The van der Waals surface area contributed by atoms with Crippen molar-refractivity contribution in [3.05, 3.63) is 64.9 Å². The van der Waals surface area contributed by atoms with Crippen LogP contribution in [0.4, 0.5) is 23.4 Å². The Kier molecular flexibility index (Phi) is 9.27. The molecule has 4 aromatic rings. The fraction of sp³-hybridized carbons (Fsp3) is 0.528. The number of nitriles is 1. The van der Waals surface area contributed by atoms with Crippen LogP contribution in [-0.2, 0) is 29.5 Å². The van der Waals surface area contributed by atoms with Gasteiger partial charge < -0.3 is 9.47 Å². The number of anilines is 1. The fourth-order valence-corrected chi connectivity index (χ4v) is 9.05. The van der Waals surface area contributed by atoms with Crippen molar-refractivity contribution in [3.8, 4) is 6.07 Å². The molecule has 0 radical (unpaired) electrons. The number of fused-ring (bicyclic) bond motifs is 2. The van der Waals surface area contributed by atoms with Crippen LogP contribution < -0.4 is 4.90 Å². The van der Waals surface area contributed by atoms with Gasteiger partial charge in [0.1, 0.15) is 29.7 Å². The first-order valence-corrected chi connectivity index (χ1v) is 19.2. The van der Waals surface area contributed by atoms with Gasteiger partial charge >= 0.3 is 6.18 Å². The van der Waals surface area contributed by atoms with Crippen LogP contribution in [0.2, 0.25) is 0 Å². The maximum atomic E-state index is 15.4. The first-order valence-electron chi connectivity index (χ1n) is 17.3. The van der Waals surface area contributed by atoms with Gasteiger partial charge in [-0.3, -0.25) is 9.80 Å². The molecule has 3 aliphatic rings. The first-order chi connectivity index (χ1) is 24.1. The van der Waals surface area contributed by atoms with Crippen molar-refractivity contribution >= 4 is 37.6 Å². The number of aryl methyl sites for hydroxylation is 1. The highest BCUT2D eigenvalue weighted by atomic mass is 32.2. The Hall–Kier alpha value is -3.84. The van der Waals surface area contributed by atoms with Gasteiger partial charge in [-0.2, -0.15) is 22.7 Å². The standard InChI is InChI=1S/C36H42F4N8O2S/c1-24(45-12-14-47(15-13-45)51(3,49)50)19-48-28(18-41)16-29-25(2)27(5-7-31(29)48)20-44-10-8-35(9-11-44)21-46(22-35)34-32-30(42-23-43-34)6-4-26(33(32)37)17-36(38,39)40/h4-7,16,23-24H,8-15,17,19-22H2,1-3H3. The Morgan fingerprint density at radius 3 is 2.33 bits per heavy atom. The third kappa shape index (κ3) is 7.03. The van der Waals surface area contributed by atoms with Gasteiger partial charge in [-0.1, -0.05) is 12.1 Å². The summed E-state index contributed by atoms with van der Waals surface area (Å²) in [4.78, 5) is 15.1. The largest absolute Gasteiger partial charge is 0.393 e. The van der Waals surface area contributed by atoms with E-state index in [-0.39, 0.29) is 16.8 Å². The van der Waals surface area contributed by atoms with E-state index in [1.165, 1.54) is 28.5 Å². The lowest BCUT2D eigenvalue weighted by Crippen LogP contribution is -2.60. The van der Waals surface area contributed by atoms with Crippen molar-refractivity contribution in [2.45, 2.75) is 58.4 Å². The molecule has 0 amide bonds. The van der Waals surface area contributed by atoms with Crippen LogP contribution in [0.15, 0.2) is 36.7 Å². The molecule has 0 bridgehead atoms. The number of hydrogen-bond acceptors (Lipinski definition) is 8. The minimum atomic E-state index is -4.52. The molecule has 0 saturated carbocycles. The second-order valence-electron chi connectivity index (χ2n) is 14.6. The molecule has 3 fully saturated rings. The smallest absolute Gasteiger partial charge is 0.355 e. The molecule has 2 aromatic heterocycles. The third-order valence-corrected chi connectivity index (χ3v) is 12.6. The number of aromatic nitrogens is 3. The van der Waals surface area contributed by atoms with Gasteiger partial charge in [-0.05, 0) is 74.7 Å². The molecular formula is C36H42F4N8O2S. The van der Waals surface area contributed by atoms with E-state index >= 15 is 4.39 Å². The molecule has 5 heterocycles. The van der Waals surface area contributed by atoms with Crippen LogP contribution in [-0.4, -0.2) is 108 Å². The van der Waals surface area contributed by atoms with E-state index in [4.69, 9.17) is 0 Å². The summed E-state index contributed by atoms with van der Waals surface area (Å²) in [6, 6.07) is 11.3. The Bertz CT molecular complexity index is 2110. The van der Waals surface area contributed by atoms with Crippen LogP contribution >= 0.6 is 0 Å². The van der Waals surface area contributed by atoms with E-state index in [0.717, 1.165) is 55.0 Å². The van der Waals surface area contributed by atoms with Crippen molar-refractivity contribution in [2.75, 3.05) is 63.5 Å². The van der Waals surface area contributed by atoms with Crippen LogP contribution in [0.5, 0.6) is 0 Å².